The lowest BCUT2D eigenvalue weighted by molar-refractivity contribution is -0.127. The Morgan fingerprint density at radius 2 is 2.05 bits per heavy atom. The molecule has 1 aliphatic carbocycles. The van der Waals surface area contributed by atoms with Crippen LogP contribution in [0.4, 0.5) is 10.5 Å². The lowest BCUT2D eigenvalue weighted by atomic mass is 9.85. The third-order valence-corrected chi connectivity index (χ3v) is 4.18. The van der Waals surface area contributed by atoms with Gasteiger partial charge in [-0.3, -0.25) is 9.69 Å². The Hall–Kier alpha value is -2.04. The zero-order valence-corrected chi connectivity index (χ0v) is 12.0. The van der Waals surface area contributed by atoms with Gasteiger partial charge in [0, 0.05) is 24.6 Å². The lowest BCUT2D eigenvalue weighted by Gasteiger charge is -2.24. The zero-order valence-electron chi connectivity index (χ0n) is 12.0. The van der Waals surface area contributed by atoms with Gasteiger partial charge in [0.2, 0.25) is 5.91 Å². The van der Waals surface area contributed by atoms with Crippen molar-refractivity contribution in [2.75, 3.05) is 18.0 Å². The molecule has 1 unspecified atom stereocenters. The molecular formula is C16H20N2O3. The zero-order chi connectivity index (χ0) is 14.7. The van der Waals surface area contributed by atoms with E-state index in [1.54, 1.807) is 4.90 Å². The molecule has 1 aromatic carbocycles. The van der Waals surface area contributed by atoms with Gasteiger partial charge in [-0.05, 0) is 25.0 Å². The first-order valence-electron chi connectivity index (χ1n) is 7.55. The summed E-state index contributed by atoms with van der Waals surface area (Å²) in [6.07, 6.45) is 3.37. The Kier molecular flexibility index (Phi) is 4.08. The summed E-state index contributed by atoms with van der Waals surface area (Å²) in [5.74, 6) is 0.349. The minimum Gasteiger partial charge on any atom is -0.444 e. The van der Waals surface area contributed by atoms with Crippen molar-refractivity contribution >= 4 is 17.7 Å². The molecule has 1 aromatic rings. The molecule has 1 saturated heterocycles. The highest BCUT2D eigenvalue weighted by molar-refractivity contribution is 5.89. The number of ether oxygens (including phenoxy) is 1. The van der Waals surface area contributed by atoms with Gasteiger partial charge in [0.05, 0.1) is 6.54 Å². The molecule has 3 rings (SSSR count). The van der Waals surface area contributed by atoms with E-state index in [9.17, 15) is 9.59 Å². The quantitative estimate of drug-likeness (QED) is 0.904. The average Bonchev–Trinajstić information content (AvgIpc) is 2.79. The van der Waals surface area contributed by atoms with Crippen molar-refractivity contribution in [3.63, 3.8) is 0 Å². The second kappa shape index (κ2) is 6.16. The number of carbonyl (C=O) groups excluding carboxylic acids is 2. The summed E-state index contributed by atoms with van der Waals surface area (Å²) in [7, 11) is 0. The van der Waals surface area contributed by atoms with Gasteiger partial charge in [0.25, 0.3) is 0 Å². The third kappa shape index (κ3) is 3.17. The van der Waals surface area contributed by atoms with E-state index in [4.69, 9.17) is 4.74 Å². The molecule has 2 aliphatic rings. The van der Waals surface area contributed by atoms with Crippen molar-refractivity contribution in [2.24, 2.45) is 5.92 Å². The fourth-order valence-corrected chi connectivity index (χ4v) is 2.66. The predicted octanol–water partition coefficient (Wildman–Crippen LogP) is 2.32. The molecule has 5 nitrogen and oxygen atoms in total. The predicted molar refractivity (Wildman–Crippen MR) is 79.0 cm³/mol. The number of benzene rings is 1. The molecule has 5 heteroatoms. The molecule has 0 spiro atoms. The van der Waals surface area contributed by atoms with Crippen LogP contribution in [0.1, 0.15) is 25.7 Å². The largest absolute Gasteiger partial charge is 0.444 e. The number of cyclic esters (lactones) is 1. The first-order valence-corrected chi connectivity index (χ1v) is 7.55. The van der Waals surface area contributed by atoms with E-state index < -0.39 is 0 Å². The Labute approximate surface area is 124 Å². The highest BCUT2D eigenvalue weighted by Gasteiger charge is 2.32. The van der Waals surface area contributed by atoms with E-state index in [0.29, 0.717) is 19.5 Å². The highest BCUT2D eigenvalue weighted by atomic mass is 16.6. The maximum absolute atomic E-state index is 11.9. The second-order valence-corrected chi connectivity index (χ2v) is 5.66. The van der Waals surface area contributed by atoms with Crippen LogP contribution in [-0.2, 0) is 9.53 Å². The van der Waals surface area contributed by atoms with Gasteiger partial charge < -0.3 is 10.1 Å². The number of hydrogen-bond acceptors (Lipinski definition) is 3. The van der Waals surface area contributed by atoms with Gasteiger partial charge in [-0.15, -0.1) is 0 Å². The summed E-state index contributed by atoms with van der Waals surface area (Å²) in [5, 5.41) is 2.93. The van der Waals surface area contributed by atoms with Gasteiger partial charge in [0.1, 0.15) is 6.10 Å². The monoisotopic (exact) mass is 288 g/mol. The summed E-state index contributed by atoms with van der Waals surface area (Å²) in [4.78, 5) is 25.2. The smallest absolute Gasteiger partial charge is 0.414 e. The Morgan fingerprint density at radius 1 is 1.29 bits per heavy atom. The Balaban J connectivity index is 1.45. The van der Waals surface area contributed by atoms with Crippen LogP contribution in [0.25, 0.3) is 0 Å². The van der Waals surface area contributed by atoms with E-state index in [0.717, 1.165) is 24.9 Å². The fourth-order valence-electron chi connectivity index (χ4n) is 2.66. The molecular weight excluding hydrogens is 268 g/mol. The molecule has 1 N–H and O–H groups in total. The minimum absolute atomic E-state index is 0.144. The SMILES string of the molecule is O=C(NCCC1CN(c2ccccc2)C(=O)O1)C1CCC1. The second-order valence-electron chi connectivity index (χ2n) is 5.66. The summed E-state index contributed by atoms with van der Waals surface area (Å²) in [6, 6.07) is 9.49. The normalized spacial score (nSPS) is 21.8. The molecule has 1 atom stereocenters. The third-order valence-electron chi connectivity index (χ3n) is 4.18. The molecule has 1 saturated carbocycles. The van der Waals surface area contributed by atoms with Crippen LogP contribution in [0.5, 0.6) is 0 Å². The lowest BCUT2D eigenvalue weighted by Crippen LogP contribution is -2.36. The summed E-state index contributed by atoms with van der Waals surface area (Å²) in [6.45, 7) is 1.11. The highest BCUT2D eigenvalue weighted by Crippen LogP contribution is 2.26. The number of nitrogens with zero attached hydrogens (tertiary/aromatic N) is 1. The van der Waals surface area contributed by atoms with E-state index in [1.807, 2.05) is 30.3 Å². The van der Waals surface area contributed by atoms with E-state index in [-0.39, 0.29) is 24.0 Å². The number of rotatable bonds is 5. The van der Waals surface area contributed by atoms with Gasteiger partial charge >= 0.3 is 6.09 Å². The van der Waals surface area contributed by atoms with Crippen LogP contribution in [0, 0.1) is 5.92 Å². The van der Waals surface area contributed by atoms with E-state index >= 15 is 0 Å². The van der Waals surface area contributed by atoms with E-state index in [1.165, 1.54) is 0 Å². The Morgan fingerprint density at radius 3 is 2.71 bits per heavy atom. The number of para-hydroxylation sites is 1. The molecule has 0 radical (unpaired) electrons. The molecule has 0 aromatic heterocycles. The number of anilines is 1. The molecule has 2 amide bonds. The molecule has 112 valence electrons. The standard InChI is InChI=1S/C16H20N2O3/c19-15(12-5-4-6-12)17-10-9-14-11-18(16(20)21-14)13-7-2-1-3-8-13/h1-3,7-8,12,14H,4-6,9-11H2,(H,17,19). The first kappa shape index (κ1) is 13.9. The molecule has 0 bridgehead atoms. The fraction of sp³-hybridized carbons (Fsp3) is 0.500. The summed E-state index contributed by atoms with van der Waals surface area (Å²) >= 11 is 0. The summed E-state index contributed by atoms with van der Waals surface area (Å²) < 4.78 is 5.35. The van der Waals surface area contributed by atoms with Crippen molar-refractivity contribution in [3.05, 3.63) is 30.3 Å². The number of hydrogen-bond donors (Lipinski definition) is 1. The topological polar surface area (TPSA) is 58.6 Å². The first-order chi connectivity index (χ1) is 10.2. The van der Waals surface area contributed by atoms with Crippen molar-refractivity contribution in [2.45, 2.75) is 31.8 Å². The van der Waals surface area contributed by atoms with Crippen molar-refractivity contribution < 1.29 is 14.3 Å². The van der Waals surface area contributed by atoms with Crippen LogP contribution in [0.15, 0.2) is 30.3 Å². The number of nitrogens with one attached hydrogen (secondary N) is 1. The molecule has 1 aliphatic heterocycles. The minimum atomic E-state index is -0.309. The van der Waals surface area contributed by atoms with Gasteiger partial charge in [-0.1, -0.05) is 24.6 Å². The van der Waals surface area contributed by atoms with Crippen molar-refractivity contribution in [3.8, 4) is 0 Å². The average molecular weight is 288 g/mol. The number of carbonyl (C=O) groups is 2. The van der Waals surface area contributed by atoms with Crippen molar-refractivity contribution in [1.82, 2.24) is 5.32 Å². The molecule has 2 fully saturated rings. The van der Waals surface area contributed by atoms with Crippen LogP contribution in [0.2, 0.25) is 0 Å². The van der Waals surface area contributed by atoms with Gasteiger partial charge in [-0.2, -0.15) is 0 Å². The molecule has 21 heavy (non-hydrogen) atoms. The Bertz CT molecular complexity index is 514. The van der Waals surface area contributed by atoms with Crippen LogP contribution in [-0.4, -0.2) is 31.2 Å². The number of amides is 2. The van der Waals surface area contributed by atoms with Gasteiger partial charge in [0.15, 0.2) is 0 Å². The maximum atomic E-state index is 11.9. The van der Waals surface area contributed by atoms with E-state index in [2.05, 4.69) is 5.32 Å². The summed E-state index contributed by atoms with van der Waals surface area (Å²) in [5.41, 5.74) is 0.850. The maximum Gasteiger partial charge on any atom is 0.414 e. The molecule has 1 heterocycles. The van der Waals surface area contributed by atoms with Crippen LogP contribution >= 0.6 is 0 Å². The van der Waals surface area contributed by atoms with Gasteiger partial charge in [-0.25, -0.2) is 4.79 Å². The van der Waals surface area contributed by atoms with Crippen LogP contribution < -0.4 is 10.2 Å². The van der Waals surface area contributed by atoms with Crippen molar-refractivity contribution in [1.29, 1.82) is 0 Å². The van der Waals surface area contributed by atoms with Crippen LogP contribution in [0.3, 0.4) is 0 Å².